The average Bonchev–Trinajstić information content (AvgIpc) is 2.61. The number of amides is 1. The highest BCUT2D eigenvalue weighted by atomic mass is 32.2. The fourth-order valence-corrected chi connectivity index (χ4v) is 5.18. The summed E-state index contributed by atoms with van der Waals surface area (Å²) in [6, 6.07) is 6.50. The predicted octanol–water partition coefficient (Wildman–Crippen LogP) is 3.25. The monoisotopic (exact) mass is 366 g/mol. The van der Waals surface area contributed by atoms with Gasteiger partial charge < -0.3 is 11.1 Å². The van der Waals surface area contributed by atoms with Crippen molar-refractivity contribution in [3.63, 3.8) is 0 Å². The van der Waals surface area contributed by atoms with Crippen LogP contribution in [0.1, 0.15) is 57.9 Å². The van der Waals surface area contributed by atoms with Crippen LogP contribution in [0.5, 0.6) is 0 Å². The Balaban J connectivity index is 2.04. The lowest BCUT2D eigenvalue weighted by Gasteiger charge is -2.22. The second-order valence-electron chi connectivity index (χ2n) is 7.17. The Kier molecular flexibility index (Phi) is 7.02. The Morgan fingerprint density at radius 2 is 1.96 bits per heavy atom. The lowest BCUT2D eigenvalue weighted by Crippen LogP contribution is -2.40. The van der Waals surface area contributed by atoms with Gasteiger partial charge in [0.15, 0.2) is 9.84 Å². The van der Waals surface area contributed by atoms with Crippen molar-refractivity contribution in [2.75, 3.05) is 5.32 Å². The van der Waals surface area contributed by atoms with Crippen LogP contribution in [0.15, 0.2) is 24.3 Å². The van der Waals surface area contributed by atoms with Crippen molar-refractivity contribution in [1.82, 2.24) is 0 Å². The van der Waals surface area contributed by atoms with Crippen LogP contribution >= 0.6 is 0 Å². The highest BCUT2D eigenvalue weighted by molar-refractivity contribution is 7.91. The van der Waals surface area contributed by atoms with Crippen LogP contribution in [0.2, 0.25) is 0 Å². The number of carbonyl (C=O) groups is 1. The third kappa shape index (κ3) is 5.54. The Bertz CT molecular complexity index is 682. The van der Waals surface area contributed by atoms with Crippen molar-refractivity contribution in [3.8, 4) is 0 Å². The maximum Gasteiger partial charge on any atom is 0.241 e. The van der Waals surface area contributed by atoms with Crippen LogP contribution in [-0.2, 0) is 20.4 Å². The van der Waals surface area contributed by atoms with Crippen LogP contribution in [0, 0.1) is 5.92 Å². The molecule has 1 aromatic rings. The molecule has 0 bridgehead atoms. The minimum absolute atomic E-state index is 0.0266. The molecule has 0 heterocycles. The van der Waals surface area contributed by atoms with E-state index in [0.717, 1.165) is 38.5 Å². The number of hydrogen-bond acceptors (Lipinski definition) is 4. The first-order valence-corrected chi connectivity index (χ1v) is 10.9. The summed E-state index contributed by atoms with van der Waals surface area (Å²) in [5.41, 5.74) is 7.25. The van der Waals surface area contributed by atoms with E-state index in [9.17, 15) is 13.2 Å². The zero-order chi connectivity index (χ0) is 18.4. The van der Waals surface area contributed by atoms with E-state index in [1.165, 1.54) is 0 Å². The van der Waals surface area contributed by atoms with Crippen molar-refractivity contribution in [2.24, 2.45) is 11.7 Å². The molecule has 2 unspecified atom stereocenters. The lowest BCUT2D eigenvalue weighted by atomic mass is 9.99. The van der Waals surface area contributed by atoms with Crippen molar-refractivity contribution < 1.29 is 13.2 Å². The predicted molar refractivity (Wildman–Crippen MR) is 102 cm³/mol. The average molecular weight is 367 g/mol. The van der Waals surface area contributed by atoms with Gasteiger partial charge in [0.05, 0.1) is 17.0 Å². The highest BCUT2D eigenvalue weighted by Crippen LogP contribution is 2.26. The fourth-order valence-electron chi connectivity index (χ4n) is 3.25. The number of anilines is 1. The minimum atomic E-state index is -3.15. The van der Waals surface area contributed by atoms with E-state index >= 15 is 0 Å². The molecule has 2 rings (SSSR count). The van der Waals surface area contributed by atoms with Gasteiger partial charge in [-0.25, -0.2) is 8.42 Å². The largest absolute Gasteiger partial charge is 0.325 e. The SMILES string of the molecule is CCC(C)C(N)C(=O)Nc1cccc(CS(=O)(=O)C2CCCCC2)c1. The van der Waals surface area contributed by atoms with E-state index in [1.807, 2.05) is 13.8 Å². The van der Waals surface area contributed by atoms with Gasteiger partial charge in [-0.3, -0.25) is 4.79 Å². The number of rotatable bonds is 7. The topological polar surface area (TPSA) is 89.3 Å². The van der Waals surface area contributed by atoms with E-state index in [0.29, 0.717) is 11.3 Å². The maximum absolute atomic E-state index is 12.6. The molecule has 1 aromatic carbocycles. The molecule has 2 atom stereocenters. The third-order valence-electron chi connectivity index (χ3n) is 5.18. The van der Waals surface area contributed by atoms with Gasteiger partial charge in [0.1, 0.15) is 0 Å². The molecular formula is C19H30N2O3S. The van der Waals surface area contributed by atoms with Crippen LogP contribution in [0.4, 0.5) is 5.69 Å². The van der Waals surface area contributed by atoms with Crippen LogP contribution in [-0.4, -0.2) is 25.6 Å². The molecule has 1 saturated carbocycles. The summed E-state index contributed by atoms with van der Waals surface area (Å²) in [7, 11) is -3.15. The van der Waals surface area contributed by atoms with Crippen LogP contribution in [0.3, 0.4) is 0 Å². The van der Waals surface area contributed by atoms with E-state index in [2.05, 4.69) is 5.32 Å². The fraction of sp³-hybridized carbons (Fsp3) is 0.632. The van der Waals surface area contributed by atoms with Gasteiger partial charge >= 0.3 is 0 Å². The molecule has 25 heavy (non-hydrogen) atoms. The molecule has 0 aliphatic heterocycles. The maximum atomic E-state index is 12.6. The van der Waals surface area contributed by atoms with Gasteiger partial charge in [0, 0.05) is 5.69 Å². The van der Waals surface area contributed by atoms with Crippen LogP contribution < -0.4 is 11.1 Å². The van der Waals surface area contributed by atoms with Crippen LogP contribution in [0.25, 0.3) is 0 Å². The summed E-state index contributed by atoms with van der Waals surface area (Å²) in [6.45, 7) is 3.94. The van der Waals surface area contributed by atoms with Gasteiger partial charge in [-0.05, 0) is 36.5 Å². The summed E-state index contributed by atoms with van der Waals surface area (Å²) in [6.07, 6.45) is 5.48. The first-order chi connectivity index (χ1) is 11.8. The number of carbonyl (C=O) groups excluding carboxylic acids is 1. The Labute approximate surface area is 151 Å². The molecule has 1 aliphatic carbocycles. The number of hydrogen-bond donors (Lipinski definition) is 2. The van der Waals surface area contributed by atoms with Crippen molar-refractivity contribution >= 4 is 21.4 Å². The molecular weight excluding hydrogens is 336 g/mol. The van der Waals surface area contributed by atoms with Gasteiger partial charge in [0.25, 0.3) is 0 Å². The summed E-state index contributed by atoms with van der Waals surface area (Å²) in [5, 5.41) is 2.58. The van der Waals surface area contributed by atoms with Crippen molar-refractivity contribution in [1.29, 1.82) is 0 Å². The normalized spacial score (nSPS) is 18.5. The highest BCUT2D eigenvalue weighted by Gasteiger charge is 2.27. The molecule has 0 radical (unpaired) electrons. The smallest absolute Gasteiger partial charge is 0.241 e. The Hall–Kier alpha value is -1.40. The molecule has 1 amide bonds. The standard InChI is InChI=1S/C19H30N2O3S/c1-3-14(2)18(20)19(22)21-16-9-7-8-15(12-16)13-25(23,24)17-10-5-4-6-11-17/h7-9,12,14,17-18H,3-6,10-11,13,20H2,1-2H3,(H,21,22). The number of sulfone groups is 1. The molecule has 0 aromatic heterocycles. The summed E-state index contributed by atoms with van der Waals surface area (Å²) < 4.78 is 25.2. The van der Waals surface area contributed by atoms with E-state index in [1.54, 1.807) is 24.3 Å². The zero-order valence-electron chi connectivity index (χ0n) is 15.2. The molecule has 1 fully saturated rings. The summed E-state index contributed by atoms with van der Waals surface area (Å²) in [5.74, 6) is -0.116. The molecule has 0 saturated heterocycles. The summed E-state index contributed by atoms with van der Waals surface area (Å²) in [4.78, 5) is 12.2. The molecule has 0 spiro atoms. The lowest BCUT2D eigenvalue weighted by molar-refractivity contribution is -0.118. The van der Waals surface area contributed by atoms with Gasteiger partial charge in [-0.2, -0.15) is 0 Å². The Morgan fingerprint density at radius 1 is 1.28 bits per heavy atom. The second kappa shape index (κ2) is 8.81. The number of nitrogens with two attached hydrogens (primary N) is 1. The third-order valence-corrected chi connectivity index (χ3v) is 7.41. The summed E-state index contributed by atoms with van der Waals surface area (Å²) >= 11 is 0. The number of nitrogens with one attached hydrogen (secondary N) is 1. The van der Waals surface area contributed by atoms with E-state index < -0.39 is 15.9 Å². The van der Waals surface area contributed by atoms with E-state index in [4.69, 9.17) is 5.73 Å². The van der Waals surface area contributed by atoms with Gasteiger partial charge in [-0.15, -0.1) is 0 Å². The second-order valence-corrected chi connectivity index (χ2v) is 9.45. The Morgan fingerprint density at radius 3 is 2.60 bits per heavy atom. The van der Waals surface area contributed by atoms with Gasteiger partial charge in [0.2, 0.25) is 5.91 Å². The molecule has 3 N–H and O–H groups in total. The molecule has 6 heteroatoms. The molecule has 5 nitrogen and oxygen atoms in total. The quantitative estimate of drug-likeness (QED) is 0.775. The minimum Gasteiger partial charge on any atom is -0.325 e. The van der Waals surface area contributed by atoms with Gasteiger partial charge in [-0.1, -0.05) is 51.7 Å². The van der Waals surface area contributed by atoms with E-state index in [-0.39, 0.29) is 22.8 Å². The first kappa shape index (κ1) is 19.9. The molecule has 1 aliphatic rings. The van der Waals surface area contributed by atoms with Crippen molar-refractivity contribution in [3.05, 3.63) is 29.8 Å². The zero-order valence-corrected chi connectivity index (χ0v) is 16.0. The first-order valence-electron chi connectivity index (χ1n) is 9.20. The number of benzene rings is 1. The molecule has 140 valence electrons. The van der Waals surface area contributed by atoms with Crippen molar-refractivity contribution in [2.45, 2.75) is 69.4 Å².